The van der Waals surface area contributed by atoms with Crippen molar-refractivity contribution in [3.05, 3.63) is 33.8 Å². The molecule has 0 aromatic heterocycles. The predicted molar refractivity (Wildman–Crippen MR) is 49.1 cm³/mol. The van der Waals surface area contributed by atoms with Crippen LogP contribution in [0.15, 0.2) is 12.1 Å². The first-order valence-corrected chi connectivity index (χ1v) is 4.30. The Labute approximate surface area is 84.7 Å². The van der Waals surface area contributed by atoms with Crippen molar-refractivity contribution >= 4 is 11.6 Å². The van der Waals surface area contributed by atoms with Crippen LogP contribution in [0, 0.1) is 6.92 Å². The van der Waals surface area contributed by atoms with Crippen LogP contribution >= 0.6 is 11.6 Å². The zero-order valence-electron chi connectivity index (χ0n) is 7.45. The average Bonchev–Trinajstić information content (AvgIpc) is 2.01. The van der Waals surface area contributed by atoms with Crippen molar-refractivity contribution in [3.8, 4) is 0 Å². The van der Waals surface area contributed by atoms with Gasteiger partial charge in [-0.05, 0) is 30.2 Å². The van der Waals surface area contributed by atoms with Crippen molar-refractivity contribution in [2.24, 2.45) is 5.73 Å². The van der Waals surface area contributed by atoms with Crippen molar-refractivity contribution in [2.45, 2.75) is 19.6 Å². The van der Waals surface area contributed by atoms with Crippen molar-refractivity contribution < 1.29 is 13.2 Å². The van der Waals surface area contributed by atoms with Crippen molar-refractivity contribution in [1.82, 2.24) is 0 Å². The molecule has 78 valence electrons. The molecule has 5 heteroatoms. The molecule has 0 aliphatic heterocycles. The van der Waals surface area contributed by atoms with Crippen LogP contribution in [-0.2, 0) is 12.7 Å². The second-order valence-corrected chi connectivity index (χ2v) is 3.38. The quantitative estimate of drug-likeness (QED) is 0.778. The lowest BCUT2D eigenvalue weighted by molar-refractivity contribution is -0.138. The minimum Gasteiger partial charge on any atom is -0.326 e. The van der Waals surface area contributed by atoms with Crippen LogP contribution in [0.5, 0.6) is 0 Å². The van der Waals surface area contributed by atoms with E-state index in [-0.39, 0.29) is 17.1 Å². The monoisotopic (exact) mass is 223 g/mol. The maximum absolute atomic E-state index is 12.5. The number of nitrogens with two attached hydrogens (primary N) is 1. The Balaban J connectivity index is 3.40. The lowest BCUT2D eigenvalue weighted by Crippen LogP contribution is -2.12. The number of hydrogen-bond donors (Lipinski definition) is 1. The Morgan fingerprint density at radius 1 is 1.36 bits per heavy atom. The summed E-state index contributed by atoms with van der Waals surface area (Å²) in [6.45, 7) is 1.34. The Morgan fingerprint density at radius 3 is 2.36 bits per heavy atom. The third-order valence-electron chi connectivity index (χ3n) is 1.85. The molecule has 0 heterocycles. The van der Waals surface area contributed by atoms with Gasteiger partial charge in [-0.3, -0.25) is 0 Å². The van der Waals surface area contributed by atoms with Crippen LogP contribution in [0.3, 0.4) is 0 Å². The fourth-order valence-corrected chi connectivity index (χ4v) is 1.58. The topological polar surface area (TPSA) is 26.0 Å². The van der Waals surface area contributed by atoms with E-state index in [4.69, 9.17) is 17.3 Å². The number of aryl methyl sites for hydroxylation is 1. The van der Waals surface area contributed by atoms with Gasteiger partial charge in [0.2, 0.25) is 0 Å². The van der Waals surface area contributed by atoms with Gasteiger partial charge >= 0.3 is 6.18 Å². The van der Waals surface area contributed by atoms with E-state index in [1.54, 1.807) is 6.92 Å². The molecule has 0 saturated heterocycles. The molecule has 0 saturated carbocycles. The molecule has 1 rings (SSSR count). The summed E-state index contributed by atoms with van der Waals surface area (Å²) in [6, 6.07) is 2.52. The van der Waals surface area contributed by atoms with E-state index in [2.05, 4.69) is 0 Å². The fourth-order valence-electron chi connectivity index (χ4n) is 1.23. The number of alkyl halides is 3. The van der Waals surface area contributed by atoms with Gasteiger partial charge in [0.05, 0.1) is 5.56 Å². The first-order chi connectivity index (χ1) is 6.36. The number of benzene rings is 1. The fraction of sp³-hybridized carbons (Fsp3) is 0.333. The lowest BCUT2D eigenvalue weighted by Gasteiger charge is -2.13. The van der Waals surface area contributed by atoms with Gasteiger partial charge in [0, 0.05) is 11.6 Å². The van der Waals surface area contributed by atoms with E-state index >= 15 is 0 Å². The molecule has 2 N–H and O–H groups in total. The third-order valence-corrected chi connectivity index (χ3v) is 2.19. The molecule has 0 atom stereocenters. The minimum absolute atomic E-state index is 0.0511. The molecule has 1 nitrogen and oxygen atoms in total. The van der Waals surface area contributed by atoms with Crippen molar-refractivity contribution in [1.29, 1.82) is 0 Å². The lowest BCUT2D eigenvalue weighted by atomic mass is 10.0. The molecule has 1 aromatic carbocycles. The molecule has 0 aliphatic carbocycles. The van der Waals surface area contributed by atoms with Gasteiger partial charge in [-0.25, -0.2) is 0 Å². The summed E-state index contributed by atoms with van der Waals surface area (Å²) in [7, 11) is 0. The third kappa shape index (κ3) is 2.19. The van der Waals surface area contributed by atoms with Gasteiger partial charge in [0.25, 0.3) is 0 Å². The van der Waals surface area contributed by atoms with Crippen LogP contribution < -0.4 is 5.73 Å². The molecule has 0 amide bonds. The van der Waals surface area contributed by atoms with Crippen molar-refractivity contribution in [3.63, 3.8) is 0 Å². The van der Waals surface area contributed by atoms with Gasteiger partial charge in [-0.2, -0.15) is 13.2 Å². The summed E-state index contributed by atoms with van der Waals surface area (Å²) in [4.78, 5) is 0. The molecule has 0 spiro atoms. The highest BCUT2D eigenvalue weighted by molar-refractivity contribution is 6.31. The van der Waals surface area contributed by atoms with Crippen LogP contribution in [0.25, 0.3) is 0 Å². The van der Waals surface area contributed by atoms with Crippen LogP contribution in [-0.4, -0.2) is 0 Å². The van der Waals surface area contributed by atoms with E-state index in [0.717, 1.165) is 6.07 Å². The van der Waals surface area contributed by atoms with Gasteiger partial charge in [0.1, 0.15) is 0 Å². The van der Waals surface area contributed by atoms with Gasteiger partial charge in [-0.15, -0.1) is 0 Å². The maximum Gasteiger partial charge on any atom is 0.416 e. The first kappa shape index (κ1) is 11.3. The van der Waals surface area contributed by atoms with Gasteiger partial charge in [0.15, 0.2) is 0 Å². The molecule has 0 unspecified atom stereocenters. The summed E-state index contributed by atoms with van der Waals surface area (Å²) < 4.78 is 37.4. The Bertz CT molecular complexity index is 347. The second-order valence-electron chi connectivity index (χ2n) is 2.97. The van der Waals surface area contributed by atoms with E-state index in [9.17, 15) is 13.2 Å². The number of hydrogen-bond acceptors (Lipinski definition) is 1. The zero-order chi connectivity index (χ0) is 10.9. The van der Waals surface area contributed by atoms with Crippen molar-refractivity contribution in [2.75, 3.05) is 0 Å². The van der Waals surface area contributed by atoms with E-state index in [1.807, 2.05) is 0 Å². The Kier molecular flexibility index (Phi) is 3.07. The molecular formula is C9H9ClF3N. The summed E-state index contributed by atoms with van der Waals surface area (Å²) >= 11 is 5.66. The minimum atomic E-state index is -4.40. The highest BCUT2D eigenvalue weighted by Crippen LogP contribution is 2.35. The molecular weight excluding hydrogens is 215 g/mol. The molecule has 0 radical (unpaired) electrons. The standard InChI is InChI=1S/C9H9ClF3N/c1-5-2-7(9(11,12)13)6(4-14)8(10)3-5/h2-3H,4,14H2,1H3. The maximum atomic E-state index is 12.5. The SMILES string of the molecule is Cc1cc(Cl)c(CN)c(C(F)(F)F)c1. The predicted octanol–water partition coefficient (Wildman–Crippen LogP) is 3.13. The smallest absolute Gasteiger partial charge is 0.326 e. The zero-order valence-corrected chi connectivity index (χ0v) is 8.21. The molecule has 1 aromatic rings. The summed E-state index contributed by atoms with van der Waals surface area (Å²) in [5.41, 5.74) is 4.89. The van der Waals surface area contributed by atoms with Crippen LogP contribution in [0.1, 0.15) is 16.7 Å². The molecule has 0 fully saturated rings. The van der Waals surface area contributed by atoms with Gasteiger partial charge in [-0.1, -0.05) is 11.6 Å². The highest BCUT2D eigenvalue weighted by atomic mass is 35.5. The Morgan fingerprint density at radius 2 is 1.93 bits per heavy atom. The van der Waals surface area contributed by atoms with E-state index in [1.165, 1.54) is 6.07 Å². The highest BCUT2D eigenvalue weighted by Gasteiger charge is 2.33. The van der Waals surface area contributed by atoms with Crippen LogP contribution in [0.4, 0.5) is 13.2 Å². The normalized spacial score (nSPS) is 11.9. The second kappa shape index (κ2) is 3.79. The molecule has 0 bridgehead atoms. The summed E-state index contributed by atoms with van der Waals surface area (Å²) in [5.74, 6) is 0. The molecule has 14 heavy (non-hydrogen) atoms. The van der Waals surface area contributed by atoms with Crippen LogP contribution in [0.2, 0.25) is 5.02 Å². The number of halogens is 4. The largest absolute Gasteiger partial charge is 0.416 e. The number of rotatable bonds is 1. The van der Waals surface area contributed by atoms with E-state index < -0.39 is 11.7 Å². The van der Waals surface area contributed by atoms with Gasteiger partial charge < -0.3 is 5.73 Å². The Hall–Kier alpha value is -0.740. The van der Waals surface area contributed by atoms with E-state index in [0.29, 0.717) is 5.56 Å². The average molecular weight is 224 g/mol. The molecule has 0 aliphatic rings. The first-order valence-electron chi connectivity index (χ1n) is 3.92. The summed E-state index contributed by atoms with van der Waals surface area (Å²) in [5, 5.41) is 0.0693. The summed E-state index contributed by atoms with van der Waals surface area (Å²) in [6.07, 6.45) is -4.40.